The number of aryl methyl sites for hydroxylation is 1. The molecule has 0 radical (unpaired) electrons. The molecule has 1 atom stereocenters. The lowest BCUT2D eigenvalue weighted by Gasteiger charge is -2.24. The van der Waals surface area contributed by atoms with Gasteiger partial charge in [0.1, 0.15) is 0 Å². The molecule has 1 aliphatic heterocycles. The van der Waals surface area contributed by atoms with Gasteiger partial charge >= 0.3 is 0 Å². The van der Waals surface area contributed by atoms with Crippen LogP contribution in [0.1, 0.15) is 38.8 Å². The molecule has 2 heterocycles. The zero-order valence-electron chi connectivity index (χ0n) is 12.6. The highest BCUT2D eigenvalue weighted by atomic mass is 15.2. The second kappa shape index (κ2) is 7.06. The molecule has 0 bridgehead atoms. The summed E-state index contributed by atoms with van der Waals surface area (Å²) >= 11 is 0. The number of nitrogens with one attached hydrogen (secondary N) is 1. The number of likely N-dealkylation sites (tertiary alicyclic amines) is 1. The van der Waals surface area contributed by atoms with Gasteiger partial charge in [-0.1, -0.05) is 0 Å². The molecule has 108 valence electrons. The van der Waals surface area contributed by atoms with Crippen LogP contribution in [0.15, 0.2) is 12.3 Å². The first-order chi connectivity index (χ1) is 9.15. The largest absolute Gasteiger partial charge is 0.314 e. The molecule has 1 aliphatic rings. The Labute approximate surface area is 117 Å². The Morgan fingerprint density at radius 1 is 1.37 bits per heavy atom. The fourth-order valence-electron chi connectivity index (χ4n) is 2.84. The van der Waals surface area contributed by atoms with E-state index < -0.39 is 0 Å². The minimum atomic E-state index is 0.687. The molecule has 0 spiro atoms. The molecule has 1 N–H and O–H groups in total. The topological polar surface area (TPSA) is 33.1 Å². The second-order valence-electron chi connectivity index (χ2n) is 5.94. The second-order valence-corrected chi connectivity index (χ2v) is 5.94. The fraction of sp³-hybridized carbons (Fsp3) is 0.800. The van der Waals surface area contributed by atoms with E-state index in [1.54, 1.807) is 0 Å². The molecule has 0 aliphatic carbocycles. The van der Waals surface area contributed by atoms with Gasteiger partial charge in [-0.3, -0.25) is 4.68 Å². The molecule has 1 unspecified atom stereocenters. The van der Waals surface area contributed by atoms with E-state index >= 15 is 0 Å². The van der Waals surface area contributed by atoms with Crippen molar-refractivity contribution in [1.29, 1.82) is 0 Å². The van der Waals surface area contributed by atoms with Crippen molar-refractivity contribution in [1.82, 2.24) is 20.0 Å². The Bertz CT molecular complexity index is 372. The Hall–Kier alpha value is -0.870. The van der Waals surface area contributed by atoms with E-state index in [-0.39, 0.29) is 0 Å². The highest BCUT2D eigenvalue weighted by Gasteiger charge is 2.17. The third kappa shape index (κ3) is 4.62. The van der Waals surface area contributed by atoms with Crippen molar-refractivity contribution in [2.75, 3.05) is 19.6 Å². The van der Waals surface area contributed by atoms with Crippen LogP contribution in [0.2, 0.25) is 0 Å². The van der Waals surface area contributed by atoms with Crippen LogP contribution in [0.4, 0.5) is 0 Å². The van der Waals surface area contributed by atoms with E-state index in [2.05, 4.69) is 35.2 Å². The zero-order chi connectivity index (χ0) is 13.7. The van der Waals surface area contributed by atoms with Crippen LogP contribution in [-0.4, -0.2) is 46.4 Å². The summed E-state index contributed by atoms with van der Waals surface area (Å²) in [5.74, 6) is 0. The van der Waals surface area contributed by atoms with E-state index in [4.69, 9.17) is 0 Å². The Kier molecular flexibility index (Phi) is 5.40. The van der Waals surface area contributed by atoms with Crippen LogP contribution in [-0.2, 0) is 13.5 Å². The maximum absolute atomic E-state index is 4.42. The van der Waals surface area contributed by atoms with Gasteiger partial charge in [0.05, 0.1) is 5.69 Å². The van der Waals surface area contributed by atoms with E-state index in [9.17, 15) is 0 Å². The molecule has 4 nitrogen and oxygen atoms in total. The summed E-state index contributed by atoms with van der Waals surface area (Å²) in [5, 5.41) is 8.12. The standard InChI is InChI=1S/C15H28N4/c1-13(2)19-10-4-5-14(8-12-19)16-9-6-15-7-11-18(3)17-15/h7,11,13-14,16H,4-6,8-10,12H2,1-3H3. The minimum Gasteiger partial charge on any atom is -0.314 e. The van der Waals surface area contributed by atoms with Gasteiger partial charge in [-0.2, -0.15) is 5.10 Å². The zero-order valence-corrected chi connectivity index (χ0v) is 12.6. The first-order valence-electron chi connectivity index (χ1n) is 7.61. The molecule has 2 rings (SSSR count). The highest BCUT2D eigenvalue weighted by Crippen LogP contribution is 2.13. The van der Waals surface area contributed by atoms with Crippen molar-refractivity contribution in [2.45, 2.75) is 51.6 Å². The highest BCUT2D eigenvalue weighted by molar-refractivity contribution is 4.99. The summed E-state index contributed by atoms with van der Waals surface area (Å²) in [6, 6.07) is 3.48. The Balaban J connectivity index is 1.68. The van der Waals surface area contributed by atoms with Crippen molar-refractivity contribution < 1.29 is 0 Å². The van der Waals surface area contributed by atoms with Crippen molar-refractivity contribution in [2.24, 2.45) is 7.05 Å². The van der Waals surface area contributed by atoms with Gasteiger partial charge < -0.3 is 10.2 Å². The molecular weight excluding hydrogens is 236 g/mol. The average molecular weight is 264 g/mol. The lowest BCUT2D eigenvalue weighted by atomic mass is 10.1. The maximum Gasteiger partial charge on any atom is 0.0637 e. The number of hydrogen-bond acceptors (Lipinski definition) is 3. The monoisotopic (exact) mass is 264 g/mol. The van der Waals surface area contributed by atoms with E-state index in [1.165, 1.54) is 38.0 Å². The Morgan fingerprint density at radius 2 is 2.21 bits per heavy atom. The van der Waals surface area contributed by atoms with Gasteiger partial charge in [-0.25, -0.2) is 0 Å². The fourth-order valence-corrected chi connectivity index (χ4v) is 2.84. The van der Waals surface area contributed by atoms with Crippen molar-refractivity contribution in [3.63, 3.8) is 0 Å². The first-order valence-corrected chi connectivity index (χ1v) is 7.61. The predicted octanol–water partition coefficient (Wildman–Crippen LogP) is 1.82. The lowest BCUT2D eigenvalue weighted by molar-refractivity contribution is 0.229. The Morgan fingerprint density at radius 3 is 2.89 bits per heavy atom. The van der Waals surface area contributed by atoms with Crippen molar-refractivity contribution >= 4 is 0 Å². The van der Waals surface area contributed by atoms with Gasteiger partial charge in [0, 0.05) is 38.3 Å². The summed E-state index contributed by atoms with van der Waals surface area (Å²) in [7, 11) is 1.97. The van der Waals surface area contributed by atoms with Gasteiger partial charge in [0.15, 0.2) is 0 Å². The molecule has 0 aromatic carbocycles. The number of nitrogens with zero attached hydrogens (tertiary/aromatic N) is 3. The lowest BCUT2D eigenvalue weighted by Crippen LogP contribution is -2.34. The molecule has 1 saturated heterocycles. The van der Waals surface area contributed by atoms with E-state index in [0.717, 1.165) is 13.0 Å². The van der Waals surface area contributed by atoms with Gasteiger partial charge in [-0.15, -0.1) is 0 Å². The third-order valence-electron chi connectivity index (χ3n) is 4.08. The summed E-state index contributed by atoms with van der Waals surface area (Å²) in [6.45, 7) is 8.14. The summed E-state index contributed by atoms with van der Waals surface area (Å²) in [4.78, 5) is 2.60. The SMILES string of the molecule is CC(C)N1CCCC(NCCc2ccn(C)n2)CC1. The van der Waals surface area contributed by atoms with Gasteiger partial charge in [0.25, 0.3) is 0 Å². The molecule has 4 heteroatoms. The average Bonchev–Trinajstić information content (AvgIpc) is 2.64. The smallest absolute Gasteiger partial charge is 0.0637 e. The van der Waals surface area contributed by atoms with Crippen molar-refractivity contribution in [3.05, 3.63) is 18.0 Å². The molecular formula is C15H28N4. The van der Waals surface area contributed by atoms with Crippen LogP contribution < -0.4 is 5.32 Å². The van der Waals surface area contributed by atoms with Gasteiger partial charge in [-0.05, 0) is 52.3 Å². The number of rotatable bonds is 5. The number of aromatic nitrogens is 2. The maximum atomic E-state index is 4.42. The molecule has 0 amide bonds. The molecule has 0 saturated carbocycles. The molecule has 1 fully saturated rings. The minimum absolute atomic E-state index is 0.687. The van der Waals surface area contributed by atoms with Crippen LogP contribution in [0, 0.1) is 0 Å². The van der Waals surface area contributed by atoms with E-state index in [1.807, 2.05) is 17.9 Å². The molecule has 19 heavy (non-hydrogen) atoms. The van der Waals surface area contributed by atoms with E-state index in [0.29, 0.717) is 12.1 Å². The summed E-state index contributed by atoms with van der Waals surface area (Å²) in [6.07, 6.45) is 6.96. The summed E-state index contributed by atoms with van der Waals surface area (Å²) in [5.41, 5.74) is 1.19. The van der Waals surface area contributed by atoms with Crippen LogP contribution in [0.25, 0.3) is 0 Å². The van der Waals surface area contributed by atoms with Crippen LogP contribution in [0.3, 0.4) is 0 Å². The number of hydrogen-bond donors (Lipinski definition) is 1. The van der Waals surface area contributed by atoms with Crippen LogP contribution in [0.5, 0.6) is 0 Å². The normalized spacial score (nSPS) is 21.8. The summed E-state index contributed by atoms with van der Waals surface area (Å²) < 4.78 is 1.88. The van der Waals surface area contributed by atoms with Gasteiger partial charge in [0.2, 0.25) is 0 Å². The quantitative estimate of drug-likeness (QED) is 0.880. The third-order valence-corrected chi connectivity index (χ3v) is 4.08. The van der Waals surface area contributed by atoms with Crippen molar-refractivity contribution in [3.8, 4) is 0 Å². The molecule has 1 aromatic heterocycles. The predicted molar refractivity (Wildman–Crippen MR) is 79.3 cm³/mol. The molecule has 1 aromatic rings. The van der Waals surface area contributed by atoms with Crippen LogP contribution >= 0.6 is 0 Å². The first kappa shape index (κ1) is 14.5.